The van der Waals surface area contributed by atoms with Crippen molar-refractivity contribution in [2.75, 3.05) is 6.54 Å². The highest BCUT2D eigenvalue weighted by Gasteiger charge is 2.08. The first-order chi connectivity index (χ1) is 10.6. The molecule has 1 aromatic carbocycles. The second-order valence-electron chi connectivity index (χ2n) is 4.79. The third-order valence-electron chi connectivity index (χ3n) is 3.12. The molecule has 0 bridgehead atoms. The van der Waals surface area contributed by atoms with E-state index in [9.17, 15) is 9.90 Å². The summed E-state index contributed by atoms with van der Waals surface area (Å²) >= 11 is 0. The highest BCUT2D eigenvalue weighted by atomic mass is 16.4. The van der Waals surface area contributed by atoms with Crippen LogP contribution in [0.15, 0.2) is 48.7 Å². The molecular weight excluding hydrogens is 280 g/mol. The number of benzene rings is 1. The van der Waals surface area contributed by atoms with Crippen molar-refractivity contribution in [3.8, 4) is 0 Å². The number of nitrogens with one attached hydrogen (secondary N) is 1. The van der Waals surface area contributed by atoms with Crippen LogP contribution in [0.25, 0.3) is 12.2 Å². The van der Waals surface area contributed by atoms with Crippen LogP contribution in [0.1, 0.15) is 29.3 Å². The number of rotatable bonds is 6. The Bertz CT molecular complexity index is 641. The minimum Gasteiger partial charge on any atom is -0.465 e. The first-order valence-electron chi connectivity index (χ1n) is 6.99. The van der Waals surface area contributed by atoms with E-state index in [-0.39, 0.29) is 6.54 Å². The Morgan fingerprint density at radius 2 is 2.09 bits per heavy atom. The lowest BCUT2D eigenvalue weighted by atomic mass is 10.0. The lowest BCUT2D eigenvalue weighted by Gasteiger charge is -2.11. The molecule has 1 atom stereocenters. The van der Waals surface area contributed by atoms with Crippen molar-refractivity contribution in [1.29, 1.82) is 0 Å². The van der Waals surface area contributed by atoms with Crippen molar-refractivity contribution in [3.63, 3.8) is 0 Å². The maximum Gasteiger partial charge on any atom is 0.404 e. The topological polar surface area (TPSA) is 82.5 Å². The normalized spacial score (nSPS) is 12.2. The van der Waals surface area contributed by atoms with E-state index in [4.69, 9.17) is 5.11 Å². The Hall–Kier alpha value is -2.66. The number of hydrogen-bond donors (Lipinski definition) is 3. The zero-order valence-corrected chi connectivity index (χ0v) is 12.0. The van der Waals surface area contributed by atoms with Crippen LogP contribution in [-0.4, -0.2) is 27.8 Å². The van der Waals surface area contributed by atoms with Gasteiger partial charge in [-0.3, -0.25) is 4.98 Å². The van der Waals surface area contributed by atoms with E-state index < -0.39 is 12.2 Å². The fourth-order valence-corrected chi connectivity index (χ4v) is 2.01. The highest BCUT2D eigenvalue weighted by Crippen LogP contribution is 2.18. The number of aromatic nitrogens is 1. The summed E-state index contributed by atoms with van der Waals surface area (Å²) < 4.78 is 0. The molecule has 5 nitrogen and oxygen atoms in total. The average molecular weight is 298 g/mol. The van der Waals surface area contributed by atoms with Gasteiger partial charge in [-0.15, -0.1) is 0 Å². The number of hydrogen-bond acceptors (Lipinski definition) is 3. The molecular formula is C17H18N2O3. The molecule has 0 aliphatic carbocycles. The summed E-state index contributed by atoms with van der Waals surface area (Å²) in [5.74, 6) is 0. The molecule has 3 N–H and O–H groups in total. The number of carboxylic acid groups (broad SMARTS) is 1. The van der Waals surface area contributed by atoms with Gasteiger partial charge >= 0.3 is 6.09 Å². The van der Waals surface area contributed by atoms with Crippen LogP contribution in [0.2, 0.25) is 0 Å². The Morgan fingerprint density at radius 1 is 1.23 bits per heavy atom. The fraction of sp³-hybridized carbons (Fsp3) is 0.176. The van der Waals surface area contributed by atoms with Gasteiger partial charge in [0.15, 0.2) is 0 Å². The highest BCUT2D eigenvalue weighted by molar-refractivity contribution is 5.68. The number of aliphatic hydroxyl groups is 1. The van der Waals surface area contributed by atoms with Crippen molar-refractivity contribution >= 4 is 18.2 Å². The van der Waals surface area contributed by atoms with Gasteiger partial charge in [0.05, 0.1) is 11.8 Å². The second-order valence-corrected chi connectivity index (χ2v) is 4.79. The minimum absolute atomic E-state index is 0.213. The summed E-state index contributed by atoms with van der Waals surface area (Å²) in [5.41, 5.74) is 2.57. The maximum absolute atomic E-state index is 10.4. The van der Waals surface area contributed by atoms with Crippen molar-refractivity contribution in [2.24, 2.45) is 0 Å². The predicted molar refractivity (Wildman–Crippen MR) is 85.2 cm³/mol. The van der Waals surface area contributed by atoms with Crippen LogP contribution >= 0.6 is 0 Å². The molecule has 22 heavy (non-hydrogen) atoms. The Labute approximate surface area is 129 Å². The van der Waals surface area contributed by atoms with Gasteiger partial charge in [-0.05, 0) is 41.8 Å². The van der Waals surface area contributed by atoms with Crippen LogP contribution in [-0.2, 0) is 0 Å². The summed E-state index contributed by atoms with van der Waals surface area (Å²) in [5, 5.41) is 20.8. The number of pyridine rings is 1. The van der Waals surface area contributed by atoms with Crippen molar-refractivity contribution in [1.82, 2.24) is 10.3 Å². The summed E-state index contributed by atoms with van der Waals surface area (Å²) in [4.78, 5) is 14.6. The van der Waals surface area contributed by atoms with E-state index >= 15 is 0 Å². The number of amides is 1. The monoisotopic (exact) mass is 298 g/mol. The third-order valence-corrected chi connectivity index (χ3v) is 3.12. The van der Waals surface area contributed by atoms with E-state index in [0.29, 0.717) is 6.42 Å². The molecule has 0 saturated heterocycles. The summed E-state index contributed by atoms with van der Waals surface area (Å²) in [7, 11) is 0. The lowest BCUT2D eigenvalue weighted by Crippen LogP contribution is -2.23. The maximum atomic E-state index is 10.4. The van der Waals surface area contributed by atoms with Crippen LogP contribution in [0.3, 0.4) is 0 Å². The van der Waals surface area contributed by atoms with Gasteiger partial charge in [0.25, 0.3) is 0 Å². The molecule has 114 valence electrons. The average Bonchev–Trinajstić information content (AvgIpc) is 2.54. The second kappa shape index (κ2) is 7.95. The van der Waals surface area contributed by atoms with E-state index in [0.717, 1.165) is 16.8 Å². The molecule has 2 aromatic rings. The molecule has 0 saturated carbocycles. The quantitative estimate of drug-likeness (QED) is 0.765. The number of nitrogens with zero attached hydrogens (tertiary/aromatic N) is 1. The number of carbonyl (C=O) groups is 1. The SMILES string of the molecule is O=C(O)NCCC(O)c1cccc(C=Cc2ccccn2)c1. The molecule has 1 unspecified atom stereocenters. The molecule has 1 aromatic heterocycles. The zero-order chi connectivity index (χ0) is 15.8. The standard InChI is InChI=1S/C17H18N2O3/c20-16(9-11-19-17(21)22)14-5-3-4-13(12-14)7-8-15-6-1-2-10-18-15/h1-8,10,12,16,19-20H,9,11H2,(H,21,22). The summed E-state index contributed by atoms with van der Waals surface area (Å²) in [6, 6.07) is 13.2. The van der Waals surface area contributed by atoms with Crippen LogP contribution < -0.4 is 5.32 Å². The molecule has 0 radical (unpaired) electrons. The third kappa shape index (κ3) is 5.03. The van der Waals surface area contributed by atoms with Gasteiger partial charge in [-0.1, -0.05) is 30.3 Å². The van der Waals surface area contributed by atoms with Gasteiger partial charge < -0.3 is 15.5 Å². The van der Waals surface area contributed by atoms with Crippen LogP contribution in [0.4, 0.5) is 4.79 Å². The largest absolute Gasteiger partial charge is 0.465 e. The van der Waals surface area contributed by atoms with Gasteiger partial charge in [-0.2, -0.15) is 0 Å². The Balaban J connectivity index is 2.00. The zero-order valence-electron chi connectivity index (χ0n) is 12.0. The Kier molecular flexibility index (Phi) is 5.68. The molecule has 0 spiro atoms. The first-order valence-corrected chi connectivity index (χ1v) is 6.99. The van der Waals surface area contributed by atoms with E-state index in [2.05, 4.69) is 10.3 Å². The molecule has 2 rings (SSSR count). The first kappa shape index (κ1) is 15.7. The fourth-order valence-electron chi connectivity index (χ4n) is 2.01. The number of aliphatic hydroxyl groups excluding tert-OH is 1. The van der Waals surface area contributed by atoms with E-state index in [1.807, 2.05) is 54.6 Å². The molecule has 0 aliphatic rings. The van der Waals surface area contributed by atoms with Crippen molar-refractivity contribution in [3.05, 3.63) is 65.5 Å². The molecule has 5 heteroatoms. The van der Waals surface area contributed by atoms with E-state index in [1.165, 1.54) is 0 Å². The van der Waals surface area contributed by atoms with Gasteiger partial charge in [0.1, 0.15) is 0 Å². The molecule has 0 aliphatic heterocycles. The lowest BCUT2D eigenvalue weighted by molar-refractivity contribution is 0.162. The van der Waals surface area contributed by atoms with Gasteiger partial charge in [0.2, 0.25) is 0 Å². The van der Waals surface area contributed by atoms with Crippen molar-refractivity contribution < 1.29 is 15.0 Å². The minimum atomic E-state index is -1.08. The van der Waals surface area contributed by atoms with Crippen molar-refractivity contribution in [2.45, 2.75) is 12.5 Å². The summed E-state index contributed by atoms with van der Waals surface area (Å²) in [6.07, 6.45) is 4.11. The summed E-state index contributed by atoms with van der Waals surface area (Å²) in [6.45, 7) is 0.213. The Morgan fingerprint density at radius 3 is 2.82 bits per heavy atom. The molecule has 0 fully saturated rings. The molecule has 1 heterocycles. The van der Waals surface area contributed by atoms with Gasteiger partial charge in [-0.25, -0.2) is 4.79 Å². The smallest absolute Gasteiger partial charge is 0.404 e. The van der Waals surface area contributed by atoms with E-state index in [1.54, 1.807) is 6.20 Å². The van der Waals surface area contributed by atoms with Gasteiger partial charge in [0, 0.05) is 12.7 Å². The predicted octanol–water partition coefficient (Wildman–Crippen LogP) is 2.94. The van der Waals surface area contributed by atoms with Crippen LogP contribution in [0, 0.1) is 0 Å². The molecule has 1 amide bonds. The van der Waals surface area contributed by atoms with Crippen LogP contribution in [0.5, 0.6) is 0 Å².